The third kappa shape index (κ3) is 2.19. The standard InChI is InChI=1S/C31H20NO2/c1-17-23-14-19-8-4-3-7-18(19)13-21(23)16-26-27(17)29-28-20(11-12-32(29)2)15-24-22-9-5-6-10-25(22)33-30(24)31(28)34-26/h3-16H,1-2H3/q+1. The number of furan rings is 1. The molecule has 160 valence electrons. The van der Waals surface area contributed by atoms with Crippen LogP contribution in [0.3, 0.4) is 0 Å². The summed E-state index contributed by atoms with van der Waals surface area (Å²) in [5, 5.41) is 9.39. The molecule has 0 fully saturated rings. The zero-order chi connectivity index (χ0) is 22.6. The van der Waals surface area contributed by atoms with E-state index in [0.717, 1.165) is 49.8 Å². The molecule has 0 N–H and O–H groups in total. The highest BCUT2D eigenvalue weighted by Gasteiger charge is 2.33. The molecule has 0 saturated carbocycles. The fourth-order valence-corrected chi connectivity index (χ4v) is 5.79. The minimum Gasteiger partial charge on any atom is -0.452 e. The Bertz CT molecular complexity index is 2010. The van der Waals surface area contributed by atoms with E-state index in [1.54, 1.807) is 0 Å². The Kier molecular flexibility index (Phi) is 3.27. The fraction of sp³-hybridized carbons (Fsp3) is 0.0645. The lowest BCUT2D eigenvalue weighted by Gasteiger charge is -2.22. The number of hydrogen-bond donors (Lipinski definition) is 0. The predicted molar refractivity (Wildman–Crippen MR) is 138 cm³/mol. The minimum atomic E-state index is 0.807. The lowest BCUT2D eigenvalue weighted by molar-refractivity contribution is -0.659. The van der Waals surface area contributed by atoms with E-state index in [1.165, 1.54) is 32.8 Å². The molecule has 3 heteroatoms. The van der Waals surface area contributed by atoms with Crippen LogP contribution < -0.4 is 9.30 Å². The Morgan fingerprint density at radius 2 is 1.47 bits per heavy atom. The zero-order valence-electron chi connectivity index (χ0n) is 18.8. The van der Waals surface area contributed by atoms with Crippen molar-refractivity contribution in [2.45, 2.75) is 6.92 Å². The van der Waals surface area contributed by atoms with Gasteiger partial charge in [-0.1, -0.05) is 42.5 Å². The molecule has 0 bridgehead atoms. The Labute approximate surface area is 195 Å². The van der Waals surface area contributed by atoms with Crippen LogP contribution in [-0.2, 0) is 7.05 Å². The van der Waals surface area contributed by atoms with E-state index in [-0.39, 0.29) is 0 Å². The first-order valence-corrected chi connectivity index (χ1v) is 11.6. The predicted octanol–water partition coefficient (Wildman–Crippen LogP) is 7.95. The minimum absolute atomic E-state index is 0.807. The van der Waals surface area contributed by atoms with Crippen LogP contribution in [0, 0.1) is 6.92 Å². The molecule has 0 unspecified atom stereocenters. The Balaban J connectivity index is 1.56. The number of rotatable bonds is 0. The van der Waals surface area contributed by atoms with Crippen molar-refractivity contribution >= 4 is 54.3 Å². The first-order valence-electron chi connectivity index (χ1n) is 11.6. The highest BCUT2D eigenvalue weighted by atomic mass is 16.5. The number of aromatic nitrogens is 1. The number of pyridine rings is 1. The van der Waals surface area contributed by atoms with Crippen LogP contribution in [0.15, 0.2) is 89.5 Å². The van der Waals surface area contributed by atoms with E-state index in [0.29, 0.717) is 0 Å². The van der Waals surface area contributed by atoms with Gasteiger partial charge < -0.3 is 9.15 Å². The molecule has 7 aromatic rings. The second kappa shape index (κ2) is 6.15. The highest BCUT2D eigenvalue weighted by molar-refractivity contribution is 6.18. The van der Waals surface area contributed by atoms with Crippen molar-refractivity contribution < 1.29 is 13.7 Å². The van der Waals surface area contributed by atoms with Crippen LogP contribution >= 0.6 is 0 Å². The molecule has 0 aliphatic carbocycles. The maximum atomic E-state index is 6.74. The average Bonchev–Trinajstić information content (AvgIpc) is 3.23. The number of aryl methyl sites for hydroxylation is 2. The molecular formula is C31H20NO2+. The smallest absolute Gasteiger partial charge is 0.228 e. The number of fused-ring (bicyclic) bond motifs is 8. The first kappa shape index (κ1) is 18.1. The first-order chi connectivity index (χ1) is 16.7. The molecular weight excluding hydrogens is 418 g/mol. The number of ether oxygens (including phenoxy) is 1. The zero-order valence-corrected chi connectivity index (χ0v) is 18.8. The number of para-hydroxylation sites is 1. The van der Waals surface area contributed by atoms with Crippen LogP contribution in [0.5, 0.6) is 11.5 Å². The maximum absolute atomic E-state index is 6.74. The Hall–Kier alpha value is -4.37. The van der Waals surface area contributed by atoms with Gasteiger partial charge in [0, 0.05) is 16.8 Å². The second-order valence-corrected chi connectivity index (χ2v) is 9.32. The van der Waals surface area contributed by atoms with E-state index in [9.17, 15) is 0 Å². The van der Waals surface area contributed by atoms with E-state index in [1.807, 2.05) is 12.1 Å². The van der Waals surface area contributed by atoms with Gasteiger partial charge in [-0.2, -0.15) is 0 Å². The average molecular weight is 439 g/mol. The molecule has 3 nitrogen and oxygen atoms in total. The summed E-state index contributed by atoms with van der Waals surface area (Å²) in [5.41, 5.74) is 5.24. The molecule has 0 saturated heterocycles. The van der Waals surface area contributed by atoms with Gasteiger partial charge in [0.1, 0.15) is 23.8 Å². The summed E-state index contributed by atoms with van der Waals surface area (Å²) < 4.78 is 15.3. The molecule has 2 aromatic heterocycles. The highest BCUT2D eigenvalue weighted by Crippen LogP contribution is 2.52. The molecule has 0 amide bonds. The summed E-state index contributed by atoms with van der Waals surface area (Å²) in [6.07, 6.45) is 2.15. The quantitative estimate of drug-likeness (QED) is 0.177. The number of hydrogen-bond acceptors (Lipinski definition) is 2. The summed E-state index contributed by atoms with van der Waals surface area (Å²) in [7, 11) is 2.11. The van der Waals surface area contributed by atoms with Gasteiger partial charge in [0.15, 0.2) is 17.5 Å². The van der Waals surface area contributed by atoms with Crippen molar-refractivity contribution in [1.29, 1.82) is 0 Å². The monoisotopic (exact) mass is 438 g/mol. The van der Waals surface area contributed by atoms with Crippen molar-refractivity contribution in [3.05, 3.63) is 90.6 Å². The van der Waals surface area contributed by atoms with Crippen LogP contribution in [0.4, 0.5) is 0 Å². The Morgan fingerprint density at radius 3 is 2.35 bits per heavy atom. The molecule has 0 atom stereocenters. The van der Waals surface area contributed by atoms with Crippen molar-refractivity contribution in [1.82, 2.24) is 0 Å². The normalized spacial score (nSPS) is 12.6. The topological polar surface area (TPSA) is 26.2 Å². The van der Waals surface area contributed by atoms with Crippen molar-refractivity contribution in [2.24, 2.45) is 7.05 Å². The van der Waals surface area contributed by atoms with Gasteiger partial charge in [0.2, 0.25) is 5.69 Å². The van der Waals surface area contributed by atoms with Gasteiger partial charge in [-0.15, -0.1) is 0 Å². The molecule has 8 rings (SSSR count). The SMILES string of the molecule is Cc1c2c(cc3cc4ccccc4cc13)Oc1c3oc4ccccc4c3cc3cc[n+](C)c-2c13. The van der Waals surface area contributed by atoms with Crippen molar-refractivity contribution in [2.75, 3.05) is 0 Å². The summed E-state index contributed by atoms with van der Waals surface area (Å²) >= 11 is 0. The maximum Gasteiger partial charge on any atom is 0.228 e. The van der Waals surface area contributed by atoms with Gasteiger partial charge >= 0.3 is 0 Å². The van der Waals surface area contributed by atoms with Crippen LogP contribution in [0.2, 0.25) is 0 Å². The molecule has 0 spiro atoms. The van der Waals surface area contributed by atoms with Crippen LogP contribution in [0.1, 0.15) is 5.56 Å². The third-order valence-electron chi connectivity index (χ3n) is 7.40. The summed E-state index contributed by atoms with van der Waals surface area (Å²) in [6.45, 7) is 2.21. The number of benzene rings is 5. The summed E-state index contributed by atoms with van der Waals surface area (Å²) in [6, 6.07) is 27.9. The molecule has 0 radical (unpaired) electrons. The van der Waals surface area contributed by atoms with Gasteiger partial charge in [0.25, 0.3) is 0 Å². The molecule has 5 aromatic carbocycles. The third-order valence-corrected chi connectivity index (χ3v) is 7.40. The molecule has 34 heavy (non-hydrogen) atoms. The van der Waals surface area contributed by atoms with Gasteiger partial charge in [-0.05, 0) is 69.8 Å². The molecule has 3 heterocycles. The summed E-state index contributed by atoms with van der Waals surface area (Å²) in [5.74, 6) is 1.69. The van der Waals surface area contributed by atoms with Gasteiger partial charge in [-0.3, -0.25) is 0 Å². The van der Waals surface area contributed by atoms with Crippen LogP contribution in [0.25, 0.3) is 65.5 Å². The number of nitrogens with zero attached hydrogens (tertiary/aromatic N) is 1. The van der Waals surface area contributed by atoms with Crippen molar-refractivity contribution in [3.8, 4) is 22.8 Å². The van der Waals surface area contributed by atoms with Crippen LogP contribution in [-0.4, -0.2) is 0 Å². The lowest BCUT2D eigenvalue weighted by atomic mass is 9.90. The largest absolute Gasteiger partial charge is 0.452 e. The summed E-state index contributed by atoms with van der Waals surface area (Å²) in [4.78, 5) is 0. The van der Waals surface area contributed by atoms with E-state index < -0.39 is 0 Å². The van der Waals surface area contributed by atoms with E-state index in [4.69, 9.17) is 9.15 Å². The van der Waals surface area contributed by atoms with Gasteiger partial charge in [-0.25, -0.2) is 4.57 Å². The Morgan fingerprint density at radius 1 is 0.706 bits per heavy atom. The molecule has 1 aliphatic heterocycles. The fourth-order valence-electron chi connectivity index (χ4n) is 5.79. The molecule has 1 aliphatic rings. The van der Waals surface area contributed by atoms with E-state index >= 15 is 0 Å². The van der Waals surface area contributed by atoms with E-state index in [2.05, 4.69) is 91.5 Å². The van der Waals surface area contributed by atoms with Crippen molar-refractivity contribution in [3.63, 3.8) is 0 Å². The van der Waals surface area contributed by atoms with Gasteiger partial charge in [0.05, 0.1) is 5.56 Å². The second-order valence-electron chi connectivity index (χ2n) is 9.32. The lowest BCUT2D eigenvalue weighted by Crippen LogP contribution is -2.31.